The lowest BCUT2D eigenvalue weighted by atomic mass is 10.2. The third kappa shape index (κ3) is 4.85. The van der Waals surface area contributed by atoms with Crippen LogP contribution in [0.15, 0.2) is 23.4 Å². The average molecular weight is 213 g/mol. The maximum Gasteiger partial charge on any atom is 0.339 e. The van der Waals surface area contributed by atoms with Crippen molar-refractivity contribution in [1.29, 1.82) is 0 Å². The van der Waals surface area contributed by atoms with Gasteiger partial charge >= 0.3 is 11.9 Å². The Labute approximate surface area is 88.5 Å². The van der Waals surface area contributed by atoms with E-state index in [1.807, 2.05) is 0 Å². The second-order valence-electron chi connectivity index (χ2n) is 2.67. The smallest absolute Gasteiger partial charge is 0.339 e. The molecule has 0 aliphatic heterocycles. The number of hydrogen-bond acceptors (Lipinski definition) is 5. The lowest BCUT2D eigenvalue weighted by Crippen LogP contribution is -2.11. The molecule has 0 radical (unpaired) electrons. The van der Waals surface area contributed by atoms with Gasteiger partial charge < -0.3 is 15.2 Å². The highest BCUT2D eigenvalue weighted by Crippen LogP contribution is 2.04. The Morgan fingerprint density at radius 3 is 2.33 bits per heavy atom. The molecule has 0 aliphatic rings. The molecule has 0 fully saturated rings. The molecule has 2 N–H and O–H groups in total. The van der Waals surface area contributed by atoms with Crippen molar-refractivity contribution < 1.29 is 19.1 Å². The first-order chi connectivity index (χ1) is 7.02. The van der Waals surface area contributed by atoms with Crippen LogP contribution in [0.3, 0.4) is 0 Å². The molecule has 0 atom stereocenters. The molecular weight excluding hydrogens is 198 g/mol. The molecule has 0 spiro atoms. The van der Waals surface area contributed by atoms with Gasteiger partial charge in [-0.3, -0.25) is 0 Å². The fraction of sp³-hybridized carbons (Fsp3) is 0.400. The summed E-state index contributed by atoms with van der Waals surface area (Å²) in [5.41, 5.74) is 5.91. The Kier molecular flexibility index (Phi) is 5.85. The quantitative estimate of drug-likeness (QED) is 0.418. The molecule has 0 unspecified atom stereocenters. The van der Waals surface area contributed by atoms with Gasteiger partial charge in [0.1, 0.15) is 0 Å². The lowest BCUT2D eigenvalue weighted by molar-refractivity contribution is -0.138. The molecule has 0 aromatic rings. The number of methoxy groups -OCH3 is 1. The topological polar surface area (TPSA) is 78.6 Å². The summed E-state index contributed by atoms with van der Waals surface area (Å²) >= 11 is 0. The third-order valence-corrected chi connectivity index (χ3v) is 1.51. The molecule has 0 rings (SSSR count). The van der Waals surface area contributed by atoms with Crippen molar-refractivity contribution in [3.8, 4) is 0 Å². The SMILES string of the molecule is CCOC(=O)C(C=CC(=O)OC)=C(C)N. The van der Waals surface area contributed by atoms with E-state index in [2.05, 4.69) is 4.74 Å². The van der Waals surface area contributed by atoms with Gasteiger partial charge in [0, 0.05) is 11.8 Å². The fourth-order valence-corrected chi connectivity index (χ4v) is 0.789. The highest BCUT2D eigenvalue weighted by atomic mass is 16.5. The van der Waals surface area contributed by atoms with E-state index in [0.717, 1.165) is 6.08 Å². The minimum atomic E-state index is -0.558. The Morgan fingerprint density at radius 2 is 1.93 bits per heavy atom. The zero-order valence-electron chi connectivity index (χ0n) is 9.07. The van der Waals surface area contributed by atoms with Crippen LogP contribution in [-0.2, 0) is 19.1 Å². The van der Waals surface area contributed by atoms with Crippen LogP contribution in [0.1, 0.15) is 13.8 Å². The van der Waals surface area contributed by atoms with E-state index < -0.39 is 11.9 Å². The van der Waals surface area contributed by atoms with Crippen molar-refractivity contribution in [3.05, 3.63) is 23.4 Å². The average Bonchev–Trinajstić information content (AvgIpc) is 2.17. The monoisotopic (exact) mass is 213 g/mol. The van der Waals surface area contributed by atoms with Gasteiger partial charge in [0.05, 0.1) is 19.3 Å². The van der Waals surface area contributed by atoms with E-state index in [9.17, 15) is 9.59 Å². The second-order valence-corrected chi connectivity index (χ2v) is 2.67. The fourth-order valence-electron chi connectivity index (χ4n) is 0.789. The lowest BCUT2D eigenvalue weighted by Gasteiger charge is -2.03. The van der Waals surface area contributed by atoms with Crippen LogP contribution in [0.2, 0.25) is 0 Å². The maximum atomic E-state index is 11.3. The first kappa shape index (κ1) is 13.2. The van der Waals surface area contributed by atoms with E-state index >= 15 is 0 Å². The molecule has 5 nitrogen and oxygen atoms in total. The number of allylic oxidation sites excluding steroid dienone is 1. The van der Waals surface area contributed by atoms with Gasteiger partial charge in [-0.1, -0.05) is 0 Å². The summed E-state index contributed by atoms with van der Waals surface area (Å²) in [5.74, 6) is -1.12. The summed E-state index contributed by atoms with van der Waals surface area (Å²) in [7, 11) is 1.25. The maximum absolute atomic E-state index is 11.3. The Hall–Kier alpha value is -1.78. The van der Waals surface area contributed by atoms with Gasteiger partial charge in [-0.2, -0.15) is 0 Å². The Balaban J connectivity index is 4.72. The van der Waals surface area contributed by atoms with Crippen LogP contribution >= 0.6 is 0 Å². The standard InChI is InChI=1S/C10H15NO4/c1-4-15-10(13)8(7(2)11)5-6-9(12)14-3/h5-6H,4,11H2,1-3H3. The molecule has 0 bridgehead atoms. The molecule has 15 heavy (non-hydrogen) atoms. The van der Waals surface area contributed by atoms with E-state index in [4.69, 9.17) is 10.5 Å². The molecule has 0 aromatic heterocycles. The number of carbonyl (C=O) groups excluding carboxylic acids is 2. The molecule has 5 heteroatoms. The summed E-state index contributed by atoms with van der Waals surface area (Å²) in [6.07, 6.45) is 2.39. The van der Waals surface area contributed by atoms with Crippen molar-refractivity contribution >= 4 is 11.9 Å². The van der Waals surface area contributed by atoms with E-state index in [1.165, 1.54) is 13.2 Å². The number of hydrogen-bond donors (Lipinski definition) is 1. The van der Waals surface area contributed by atoms with Gasteiger partial charge in [-0.15, -0.1) is 0 Å². The summed E-state index contributed by atoms with van der Waals surface area (Å²) in [5, 5.41) is 0. The zero-order valence-corrected chi connectivity index (χ0v) is 9.07. The van der Waals surface area contributed by atoms with Gasteiger partial charge in [0.2, 0.25) is 0 Å². The van der Waals surface area contributed by atoms with E-state index in [-0.39, 0.29) is 17.9 Å². The van der Waals surface area contributed by atoms with Crippen molar-refractivity contribution in [2.45, 2.75) is 13.8 Å². The Bertz CT molecular complexity index is 301. The van der Waals surface area contributed by atoms with E-state index in [1.54, 1.807) is 13.8 Å². The summed E-state index contributed by atoms with van der Waals surface area (Å²) < 4.78 is 9.13. The second kappa shape index (κ2) is 6.64. The zero-order chi connectivity index (χ0) is 11.8. The van der Waals surface area contributed by atoms with Gasteiger partial charge in [-0.05, 0) is 19.9 Å². The minimum absolute atomic E-state index is 0.155. The third-order valence-electron chi connectivity index (χ3n) is 1.51. The van der Waals surface area contributed by atoms with Crippen LogP contribution in [0.4, 0.5) is 0 Å². The predicted molar refractivity (Wildman–Crippen MR) is 54.7 cm³/mol. The Morgan fingerprint density at radius 1 is 1.33 bits per heavy atom. The normalized spacial score (nSPS) is 12.2. The molecule has 84 valence electrons. The number of ether oxygens (including phenoxy) is 2. The molecule has 0 aromatic carbocycles. The molecule has 0 aliphatic carbocycles. The van der Waals surface area contributed by atoms with Crippen LogP contribution in [0.25, 0.3) is 0 Å². The van der Waals surface area contributed by atoms with Crippen molar-refractivity contribution in [2.75, 3.05) is 13.7 Å². The van der Waals surface area contributed by atoms with E-state index in [0.29, 0.717) is 0 Å². The van der Waals surface area contributed by atoms with Crippen LogP contribution in [-0.4, -0.2) is 25.7 Å². The molecule has 0 saturated carbocycles. The number of carbonyl (C=O) groups is 2. The van der Waals surface area contributed by atoms with Crippen molar-refractivity contribution in [2.24, 2.45) is 5.73 Å². The van der Waals surface area contributed by atoms with Crippen molar-refractivity contribution in [3.63, 3.8) is 0 Å². The van der Waals surface area contributed by atoms with Crippen LogP contribution < -0.4 is 5.73 Å². The first-order valence-corrected chi connectivity index (χ1v) is 4.42. The molecule has 0 amide bonds. The molecular formula is C10H15NO4. The highest BCUT2D eigenvalue weighted by Gasteiger charge is 2.09. The highest BCUT2D eigenvalue weighted by molar-refractivity contribution is 5.94. The van der Waals surface area contributed by atoms with Gasteiger partial charge in [-0.25, -0.2) is 9.59 Å². The first-order valence-electron chi connectivity index (χ1n) is 4.42. The largest absolute Gasteiger partial charge is 0.466 e. The van der Waals surface area contributed by atoms with Gasteiger partial charge in [0.25, 0.3) is 0 Å². The van der Waals surface area contributed by atoms with Gasteiger partial charge in [0.15, 0.2) is 0 Å². The predicted octanol–water partition coefficient (Wildman–Crippen LogP) is 0.511. The molecule has 0 saturated heterocycles. The molecule has 0 heterocycles. The number of nitrogens with two attached hydrogens (primary N) is 1. The summed E-state index contributed by atoms with van der Waals surface area (Å²) in [4.78, 5) is 22.1. The van der Waals surface area contributed by atoms with Crippen LogP contribution in [0.5, 0.6) is 0 Å². The van der Waals surface area contributed by atoms with Crippen LogP contribution in [0, 0.1) is 0 Å². The summed E-state index contributed by atoms with van der Waals surface area (Å²) in [6.45, 7) is 3.49. The van der Waals surface area contributed by atoms with Crippen molar-refractivity contribution in [1.82, 2.24) is 0 Å². The minimum Gasteiger partial charge on any atom is -0.466 e. The number of esters is 2. The summed E-state index contributed by atoms with van der Waals surface area (Å²) in [6, 6.07) is 0. The number of rotatable bonds is 4.